The third-order valence-corrected chi connectivity index (χ3v) is 4.93. The summed E-state index contributed by atoms with van der Waals surface area (Å²) in [6.45, 7) is 4.56. The number of hydrogen-bond acceptors (Lipinski definition) is 1. The molecule has 23 heavy (non-hydrogen) atoms. The molecule has 1 atom stereocenters. The van der Waals surface area contributed by atoms with Gasteiger partial charge in [-0.05, 0) is 41.3 Å². The Labute approximate surface area is 140 Å². The normalized spacial score (nSPS) is 11.3. The van der Waals surface area contributed by atoms with E-state index in [0.717, 1.165) is 8.58 Å². The molecule has 1 nitrogen and oxygen atoms in total. The minimum Gasteiger partial charge on any atom is -0.310 e. The van der Waals surface area contributed by atoms with E-state index in [1.165, 1.54) is 22.4 Å². The molecular weight excluding hydrogens is 297 g/mol. The lowest BCUT2D eigenvalue weighted by molar-refractivity contribution is 1.11. The number of rotatable bonds is 5. The standard InChI is InChI=1S/C21H22NP/c1-17(2)23-21-16-10-9-15-20(21)22(18-11-5-3-6-12-18)19-13-7-4-8-14-19/h3-17,23H,1-2H3. The molecule has 0 amide bonds. The molecule has 2 heteroatoms. The van der Waals surface area contributed by atoms with E-state index in [1.807, 2.05) is 0 Å². The Morgan fingerprint density at radius 1 is 0.652 bits per heavy atom. The van der Waals surface area contributed by atoms with Crippen LogP contribution in [0.4, 0.5) is 17.1 Å². The summed E-state index contributed by atoms with van der Waals surface area (Å²) < 4.78 is 0. The first kappa shape index (κ1) is 15.8. The van der Waals surface area contributed by atoms with E-state index in [-0.39, 0.29) is 0 Å². The molecule has 0 heterocycles. The molecule has 0 saturated heterocycles. The zero-order chi connectivity index (χ0) is 16.1. The van der Waals surface area contributed by atoms with Crippen molar-refractivity contribution in [1.29, 1.82) is 0 Å². The molecule has 0 saturated carbocycles. The Hall–Kier alpha value is -2.11. The fraction of sp³-hybridized carbons (Fsp3) is 0.143. The Bertz CT molecular complexity index is 699. The van der Waals surface area contributed by atoms with Gasteiger partial charge in [-0.3, -0.25) is 0 Å². The van der Waals surface area contributed by atoms with Gasteiger partial charge in [-0.1, -0.05) is 77.0 Å². The molecule has 1 unspecified atom stereocenters. The van der Waals surface area contributed by atoms with Crippen molar-refractivity contribution in [3.05, 3.63) is 84.9 Å². The first-order valence-corrected chi connectivity index (χ1v) is 9.09. The molecule has 0 aliphatic heterocycles. The van der Waals surface area contributed by atoms with Crippen LogP contribution in [0.2, 0.25) is 0 Å². The van der Waals surface area contributed by atoms with E-state index < -0.39 is 0 Å². The van der Waals surface area contributed by atoms with E-state index in [0.29, 0.717) is 5.66 Å². The summed E-state index contributed by atoms with van der Waals surface area (Å²) in [4.78, 5) is 2.35. The Balaban J connectivity index is 2.14. The van der Waals surface area contributed by atoms with Crippen molar-refractivity contribution in [2.75, 3.05) is 4.90 Å². The lowest BCUT2D eigenvalue weighted by atomic mass is 10.2. The predicted octanol–water partition coefficient (Wildman–Crippen LogP) is 5.87. The molecule has 3 aromatic rings. The smallest absolute Gasteiger partial charge is 0.0535 e. The second-order valence-electron chi connectivity index (χ2n) is 5.82. The van der Waals surface area contributed by atoms with Crippen LogP contribution < -0.4 is 10.2 Å². The number of para-hydroxylation sites is 3. The van der Waals surface area contributed by atoms with E-state index in [4.69, 9.17) is 0 Å². The number of anilines is 3. The van der Waals surface area contributed by atoms with Crippen LogP contribution in [0.25, 0.3) is 0 Å². The van der Waals surface area contributed by atoms with E-state index >= 15 is 0 Å². The van der Waals surface area contributed by atoms with Crippen molar-refractivity contribution in [2.45, 2.75) is 19.5 Å². The second-order valence-corrected chi connectivity index (χ2v) is 7.80. The fourth-order valence-electron chi connectivity index (χ4n) is 2.68. The molecule has 0 fully saturated rings. The predicted molar refractivity (Wildman–Crippen MR) is 104 cm³/mol. The minimum atomic E-state index is 0.657. The zero-order valence-corrected chi connectivity index (χ0v) is 14.6. The first-order valence-electron chi connectivity index (χ1n) is 8.01. The topological polar surface area (TPSA) is 3.24 Å². The quantitative estimate of drug-likeness (QED) is 0.532. The molecule has 0 N–H and O–H groups in total. The molecule has 0 aliphatic carbocycles. The van der Waals surface area contributed by atoms with Gasteiger partial charge < -0.3 is 4.90 Å². The molecule has 3 aromatic carbocycles. The molecule has 0 radical (unpaired) electrons. The number of benzene rings is 3. The van der Waals surface area contributed by atoms with Gasteiger partial charge in [-0.2, -0.15) is 0 Å². The van der Waals surface area contributed by atoms with Crippen LogP contribution in [0.5, 0.6) is 0 Å². The highest BCUT2D eigenvalue weighted by Crippen LogP contribution is 2.36. The monoisotopic (exact) mass is 319 g/mol. The molecule has 0 aromatic heterocycles. The van der Waals surface area contributed by atoms with Crippen molar-refractivity contribution >= 4 is 30.9 Å². The van der Waals surface area contributed by atoms with Gasteiger partial charge >= 0.3 is 0 Å². The van der Waals surface area contributed by atoms with Crippen molar-refractivity contribution in [2.24, 2.45) is 0 Å². The van der Waals surface area contributed by atoms with E-state index in [1.54, 1.807) is 0 Å². The molecule has 3 rings (SSSR count). The van der Waals surface area contributed by atoms with Crippen LogP contribution >= 0.6 is 8.58 Å². The van der Waals surface area contributed by atoms with Crippen LogP contribution in [0.3, 0.4) is 0 Å². The summed E-state index contributed by atoms with van der Waals surface area (Å²) in [7, 11) is 0.801. The molecule has 0 bridgehead atoms. The Morgan fingerprint density at radius 2 is 1.13 bits per heavy atom. The van der Waals surface area contributed by atoms with Crippen molar-refractivity contribution in [3.8, 4) is 0 Å². The van der Waals surface area contributed by atoms with Gasteiger partial charge in [0.05, 0.1) is 5.69 Å². The van der Waals surface area contributed by atoms with E-state index in [9.17, 15) is 0 Å². The van der Waals surface area contributed by atoms with Crippen LogP contribution in [-0.4, -0.2) is 5.66 Å². The second kappa shape index (κ2) is 7.44. The van der Waals surface area contributed by atoms with Gasteiger partial charge in [0.1, 0.15) is 0 Å². The fourth-order valence-corrected chi connectivity index (χ4v) is 3.84. The van der Waals surface area contributed by atoms with E-state index in [2.05, 4.69) is 104 Å². The largest absolute Gasteiger partial charge is 0.310 e. The molecule has 0 aliphatic rings. The summed E-state index contributed by atoms with van der Waals surface area (Å²) in [5.41, 5.74) is 4.32. The maximum atomic E-state index is 2.35. The van der Waals surface area contributed by atoms with Crippen LogP contribution in [0, 0.1) is 0 Å². The van der Waals surface area contributed by atoms with Crippen molar-refractivity contribution in [3.63, 3.8) is 0 Å². The molecule has 116 valence electrons. The third-order valence-electron chi connectivity index (χ3n) is 3.62. The lowest BCUT2D eigenvalue weighted by Crippen LogP contribution is -2.17. The van der Waals surface area contributed by atoms with Gasteiger partial charge in [0.25, 0.3) is 0 Å². The Morgan fingerprint density at radius 3 is 1.65 bits per heavy atom. The summed E-state index contributed by atoms with van der Waals surface area (Å²) >= 11 is 0. The van der Waals surface area contributed by atoms with Gasteiger partial charge in [0, 0.05) is 11.4 Å². The minimum absolute atomic E-state index is 0.657. The summed E-state index contributed by atoms with van der Waals surface area (Å²) in [6, 6.07) is 29.9. The average Bonchev–Trinajstić information content (AvgIpc) is 2.58. The maximum Gasteiger partial charge on any atom is 0.0535 e. The molecular formula is C21H22NP. The molecule has 0 spiro atoms. The SMILES string of the molecule is CC(C)Pc1ccccc1N(c1ccccc1)c1ccccc1. The Kier molecular flexibility index (Phi) is 5.10. The van der Waals surface area contributed by atoms with Gasteiger partial charge in [0.15, 0.2) is 0 Å². The van der Waals surface area contributed by atoms with Crippen LogP contribution in [0.1, 0.15) is 13.8 Å². The van der Waals surface area contributed by atoms with Gasteiger partial charge in [-0.15, -0.1) is 0 Å². The van der Waals surface area contributed by atoms with Crippen molar-refractivity contribution in [1.82, 2.24) is 0 Å². The lowest BCUT2D eigenvalue weighted by Gasteiger charge is -2.28. The average molecular weight is 319 g/mol. The highest BCUT2D eigenvalue weighted by atomic mass is 31.1. The summed E-state index contributed by atoms with van der Waals surface area (Å²) in [6.07, 6.45) is 0. The maximum absolute atomic E-state index is 2.35. The third kappa shape index (κ3) is 3.81. The number of nitrogens with zero attached hydrogens (tertiary/aromatic N) is 1. The zero-order valence-electron chi connectivity index (χ0n) is 13.6. The highest BCUT2D eigenvalue weighted by Gasteiger charge is 2.15. The van der Waals surface area contributed by atoms with Crippen LogP contribution in [0.15, 0.2) is 84.9 Å². The summed E-state index contributed by atoms with van der Waals surface area (Å²) in [5.74, 6) is 0. The van der Waals surface area contributed by atoms with Crippen LogP contribution in [-0.2, 0) is 0 Å². The van der Waals surface area contributed by atoms with Crippen molar-refractivity contribution < 1.29 is 0 Å². The number of hydrogen-bond donors (Lipinski definition) is 0. The summed E-state index contributed by atoms with van der Waals surface area (Å²) in [5, 5.41) is 1.41. The first-order chi connectivity index (χ1) is 11.3. The van der Waals surface area contributed by atoms with Gasteiger partial charge in [-0.25, -0.2) is 0 Å². The van der Waals surface area contributed by atoms with Gasteiger partial charge in [0.2, 0.25) is 0 Å². The highest BCUT2D eigenvalue weighted by molar-refractivity contribution is 7.48.